The molecule has 0 aromatic heterocycles. The van der Waals surface area contributed by atoms with E-state index in [2.05, 4.69) is 27.7 Å². The van der Waals surface area contributed by atoms with Crippen molar-refractivity contribution >= 4 is 0 Å². The van der Waals surface area contributed by atoms with E-state index in [4.69, 9.17) is 10.5 Å². The number of hydrogen-bond donors (Lipinski definition) is 1. The molecule has 1 aliphatic heterocycles. The summed E-state index contributed by atoms with van der Waals surface area (Å²) in [5, 5.41) is 0. The molecule has 2 unspecified atom stereocenters. The fourth-order valence-corrected chi connectivity index (χ4v) is 3.33. The van der Waals surface area contributed by atoms with Crippen LogP contribution in [0.2, 0.25) is 0 Å². The lowest BCUT2D eigenvalue weighted by molar-refractivity contribution is -0.0765. The number of benzene rings is 1. The molecule has 3 heteroatoms. The SMILES string of the molecule is CC1(C)CC(C(N)Cc2ccccc2F)C(C)(C)O1. The van der Waals surface area contributed by atoms with Gasteiger partial charge in [0, 0.05) is 12.0 Å². The van der Waals surface area contributed by atoms with Crippen LogP contribution in [0.5, 0.6) is 0 Å². The zero-order valence-electron chi connectivity index (χ0n) is 12.2. The van der Waals surface area contributed by atoms with E-state index in [0.29, 0.717) is 12.0 Å². The monoisotopic (exact) mass is 265 g/mol. The Kier molecular flexibility index (Phi) is 3.72. The lowest BCUT2D eigenvalue weighted by atomic mass is 9.80. The predicted octanol–water partition coefficient (Wildman–Crippen LogP) is 3.29. The molecule has 0 aliphatic carbocycles. The summed E-state index contributed by atoms with van der Waals surface area (Å²) in [6, 6.07) is 6.76. The summed E-state index contributed by atoms with van der Waals surface area (Å²) in [4.78, 5) is 0. The second kappa shape index (κ2) is 4.88. The molecule has 106 valence electrons. The van der Waals surface area contributed by atoms with Crippen LogP contribution >= 0.6 is 0 Å². The molecule has 1 saturated heterocycles. The van der Waals surface area contributed by atoms with Crippen molar-refractivity contribution in [3.8, 4) is 0 Å². The standard InChI is InChI=1S/C16H24FNO/c1-15(2)10-12(16(3,4)19-15)14(18)9-11-7-5-6-8-13(11)17/h5-8,12,14H,9-10,18H2,1-4H3. The number of nitrogens with two attached hydrogens (primary N) is 1. The third-order valence-corrected chi connectivity index (χ3v) is 4.07. The Balaban J connectivity index is 2.13. The van der Waals surface area contributed by atoms with Crippen LogP contribution in [-0.4, -0.2) is 17.2 Å². The smallest absolute Gasteiger partial charge is 0.126 e. The molecule has 2 rings (SSSR count). The van der Waals surface area contributed by atoms with Crippen LogP contribution in [0.15, 0.2) is 24.3 Å². The summed E-state index contributed by atoms with van der Waals surface area (Å²) in [7, 11) is 0. The van der Waals surface area contributed by atoms with Crippen LogP contribution in [0.4, 0.5) is 4.39 Å². The van der Waals surface area contributed by atoms with Crippen LogP contribution in [0.3, 0.4) is 0 Å². The first-order valence-electron chi connectivity index (χ1n) is 6.90. The Morgan fingerprint density at radius 3 is 2.47 bits per heavy atom. The van der Waals surface area contributed by atoms with Gasteiger partial charge in [0.1, 0.15) is 5.82 Å². The molecule has 0 bridgehead atoms. The van der Waals surface area contributed by atoms with Gasteiger partial charge in [0.2, 0.25) is 0 Å². The molecule has 0 radical (unpaired) electrons. The first kappa shape index (κ1) is 14.5. The van der Waals surface area contributed by atoms with Gasteiger partial charge in [-0.3, -0.25) is 0 Å². The molecule has 19 heavy (non-hydrogen) atoms. The maximum absolute atomic E-state index is 13.7. The molecule has 1 heterocycles. The van der Waals surface area contributed by atoms with Crippen LogP contribution in [-0.2, 0) is 11.2 Å². The largest absolute Gasteiger partial charge is 0.369 e. The maximum Gasteiger partial charge on any atom is 0.126 e. The summed E-state index contributed by atoms with van der Waals surface area (Å²) in [5.41, 5.74) is 6.61. The molecule has 2 N–H and O–H groups in total. The first-order chi connectivity index (χ1) is 8.71. The van der Waals surface area contributed by atoms with Crippen molar-refractivity contribution in [2.24, 2.45) is 11.7 Å². The molecule has 1 aromatic carbocycles. The Bertz CT molecular complexity index is 456. The van der Waals surface area contributed by atoms with Gasteiger partial charge in [0.05, 0.1) is 11.2 Å². The predicted molar refractivity (Wildman–Crippen MR) is 75.4 cm³/mol. The van der Waals surface area contributed by atoms with Gasteiger partial charge in [-0.15, -0.1) is 0 Å². The lowest BCUT2D eigenvalue weighted by Crippen LogP contribution is -2.42. The maximum atomic E-state index is 13.7. The van der Waals surface area contributed by atoms with E-state index >= 15 is 0 Å². The number of ether oxygens (including phenoxy) is 1. The molecule has 2 nitrogen and oxygen atoms in total. The van der Waals surface area contributed by atoms with Crippen LogP contribution in [0.25, 0.3) is 0 Å². The second-order valence-corrected chi connectivity index (χ2v) is 6.74. The zero-order valence-corrected chi connectivity index (χ0v) is 12.2. The van der Waals surface area contributed by atoms with Crippen molar-refractivity contribution in [1.82, 2.24) is 0 Å². The highest BCUT2D eigenvalue weighted by molar-refractivity contribution is 5.19. The van der Waals surface area contributed by atoms with Crippen molar-refractivity contribution in [1.29, 1.82) is 0 Å². The lowest BCUT2D eigenvalue weighted by Gasteiger charge is -2.31. The summed E-state index contributed by atoms with van der Waals surface area (Å²) < 4.78 is 19.8. The minimum atomic E-state index is -0.256. The fourth-order valence-electron chi connectivity index (χ4n) is 3.33. The van der Waals surface area contributed by atoms with Crippen LogP contribution in [0.1, 0.15) is 39.7 Å². The van der Waals surface area contributed by atoms with Gasteiger partial charge in [-0.25, -0.2) is 4.39 Å². The molecule has 0 spiro atoms. The van der Waals surface area contributed by atoms with Gasteiger partial charge < -0.3 is 10.5 Å². The number of halogens is 1. The molecule has 2 atom stereocenters. The van der Waals surface area contributed by atoms with E-state index in [1.54, 1.807) is 6.07 Å². The molecule has 1 fully saturated rings. The summed E-state index contributed by atoms with van der Waals surface area (Å²) in [6.45, 7) is 8.33. The second-order valence-electron chi connectivity index (χ2n) is 6.74. The van der Waals surface area contributed by atoms with E-state index in [-0.39, 0.29) is 29.0 Å². The van der Waals surface area contributed by atoms with E-state index in [1.807, 2.05) is 12.1 Å². The van der Waals surface area contributed by atoms with Gasteiger partial charge in [-0.2, -0.15) is 0 Å². The highest BCUT2D eigenvalue weighted by atomic mass is 19.1. The van der Waals surface area contributed by atoms with Gasteiger partial charge in [0.15, 0.2) is 0 Å². The van der Waals surface area contributed by atoms with Gasteiger partial charge in [0.25, 0.3) is 0 Å². The third kappa shape index (κ3) is 3.15. The van der Waals surface area contributed by atoms with Gasteiger partial charge in [-0.05, 0) is 52.2 Å². The summed E-state index contributed by atoms with van der Waals surface area (Å²) in [5.74, 6) is 0.0658. The Morgan fingerprint density at radius 1 is 1.32 bits per heavy atom. The number of rotatable bonds is 3. The molecule has 0 amide bonds. The average Bonchev–Trinajstić information content (AvgIpc) is 2.50. The van der Waals surface area contributed by atoms with Crippen LogP contribution < -0.4 is 5.73 Å². The van der Waals surface area contributed by atoms with Crippen molar-refractivity contribution in [2.45, 2.75) is 57.8 Å². The van der Waals surface area contributed by atoms with E-state index in [0.717, 1.165) is 6.42 Å². The molecule has 0 saturated carbocycles. The normalized spacial score (nSPS) is 26.3. The minimum Gasteiger partial charge on any atom is -0.369 e. The molecular formula is C16H24FNO. The van der Waals surface area contributed by atoms with Gasteiger partial charge >= 0.3 is 0 Å². The molecular weight excluding hydrogens is 241 g/mol. The first-order valence-corrected chi connectivity index (χ1v) is 6.90. The summed E-state index contributed by atoms with van der Waals surface area (Å²) >= 11 is 0. The molecule has 1 aromatic rings. The highest BCUT2D eigenvalue weighted by Gasteiger charge is 2.48. The highest BCUT2D eigenvalue weighted by Crippen LogP contribution is 2.43. The topological polar surface area (TPSA) is 35.2 Å². The Labute approximate surface area is 115 Å². The molecule has 1 aliphatic rings. The zero-order chi connectivity index (χ0) is 14.3. The number of hydrogen-bond acceptors (Lipinski definition) is 2. The van der Waals surface area contributed by atoms with Crippen molar-refractivity contribution < 1.29 is 9.13 Å². The van der Waals surface area contributed by atoms with Crippen molar-refractivity contribution in [3.63, 3.8) is 0 Å². The van der Waals surface area contributed by atoms with Crippen LogP contribution in [0, 0.1) is 11.7 Å². The van der Waals surface area contributed by atoms with E-state index < -0.39 is 0 Å². The van der Waals surface area contributed by atoms with Crippen molar-refractivity contribution in [2.75, 3.05) is 0 Å². The van der Waals surface area contributed by atoms with E-state index in [1.165, 1.54) is 6.07 Å². The van der Waals surface area contributed by atoms with Gasteiger partial charge in [-0.1, -0.05) is 18.2 Å². The average molecular weight is 265 g/mol. The van der Waals surface area contributed by atoms with Crippen molar-refractivity contribution in [3.05, 3.63) is 35.6 Å². The fraction of sp³-hybridized carbons (Fsp3) is 0.625. The Morgan fingerprint density at radius 2 is 1.95 bits per heavy atom. The Hall–Kier alpha value is -0.930. The summed E-state index contributed by atoms with van der Waals surface area (Å²) in [6.07, 6.45) is 1.47. The quantitative estimate of drug-likeness (QED) is 0.910. The van der Waals surface area contributed by atoms with E-state index in [9.17, 15) is 4.39 Å². The third-order valence-electron chi connectivity index (χ3n) is 4.07. The minimum absolute atomic E-state index is 0.0892.